The first-order valence-corrected chi connectivity index (χ1v) is 10.9. The first-order valence-electron chi connectivity index (χ1n) is 8.61. The minimum absolute atomic E-state index is 0.201. The number of para-hydroxylation sites is 1. The van der Waals surface area contributed by atoms with E-state index in [4.69, 9.17) is 9.72 Å². The van der Waals surface area contributed by atoms with Gasteiger partial charge < -0.3 is 4.74 Å². The Morgan fingerprint density at radius 2 is 1.88 bits per heavy atom. The van der Waals surface area contributed by atoms with Crippen LogP contribution in [0.15, 0.2) is 53.4 Å². The molecule has 0 N–H and O–H groups in total. The maximum atomic E-state index is 13.2. The first-order chi connectivity index (χ1) is 12.6. The number of fused-ring (bicyclic) bond motifs is 1. The summed E-state index contributed by atoms with van der Waals surface area (Å²) < 4.78 is 34.3. The van der Waals surface area contributed by atoms with E-state index in [9.17, 15) is 8.42 Å². The number of ether oxygens (including phenoxy) is 1. The SMILES string of the molecule is COc1ccc(S(=O)(=O)N2CCCC[C@@H]2c2nc3ccccc3s2)cc1. The van der Waals surface area contributed by atoms with Crippen molar-refractivity contribution in [3.63, 3.8) is 0 Å². The fourth-order valence-electron chi connectivity index (χ4n) is 3.36. The highest BCUT2D eigenvalue weighted by molar-refractivity contribution is 7.89. The van der Waals surface area contributed by atoms with Crippen LogP contribution in [-0.4, -0.2) is 31.4 Å². The number of nitrogens with zero attached hydrogens (tertiary/aromatic N) is 2. The minimum atomic E-state index is -3.58. The zero-order valence-electron chi connectivity index (χ0n) is 14.5. The standard InChI is InChI=1S/C19H20N2O3S2/c1-24-14-9-11-15(12-10-14)26(22,23)21-13-5-4-7-17(21)19-20-16-6-2-3-8-18(16)25-19/h2-3,6,8-12,17H,4-5,7,13H2,1H3/t17-/m1/s1. The third-order valence-corrected chi connectivity index (χ3v) is 7.78. The van der Waals surface area contributed by atoms with Crippen LogP contribution in [0.2, 0.25) is 0 Å². The lowest BCUT2D eigenvalue weighted by Gasteiger charge is -2.33. The lowest BCUT2D eigenvalue weighted by molar-refractivity contribution is 0.255. The third-order valence-electron chi connectivity index (χ3n) is 4.72. The Morgan fingerprint density at radius 1 is 1.12 bits per heavy atom. The quantitative estimate of drug-likeness (QED) is 0.671. The van der Waals surface area contributed by atoms with Gasteiger partial charge in [0.25, 0.3) is 0 Å². The number of aromatic nitrogens is 1. The van der Waals surface area contributed by atoms with Crippen LogP contribution in [0.5, 0.6) is 5.75 Å². The van der Waals surface area contributed by atoms with Crippen LogP contribution in [0.1, 0.15) is 30.3 Å². The van der Waals surface area contributed by atoms with E-state index in [0.29, 0.717) is 17.2 Å². The first kappa shape index (κ1) is 17.5. The van der Waals surface area contributed by atoms with Gasteiger partial charge in [-0.15, -0.1) is 11.3 Å². The Bertz CT molecular complexity index is 980. The Labute approximate surface area is 157 Å². The molecule has 0 amide bonds. The van der Waals surface area contributed by atoms with Crippen LogP contribution < -0.4 is 4.74 Å². The van der Waals surface area contributed by atoms with Crippen LogP contribution in [0.25, 0.3) is 10.2 Å². The predicted octanol–water partition coefficient (Wildman–Crippen LogP) is 4.22. The maximum absolute atomic E-state index is 13.2. The second kappa shape index (κ2) is 6.98. The molecular formula is C19H20N2O3S2. The number of thiazole rings is 1. The van der Waals surface area contributed by atoms with Crippen LogP contribution in [-0.2, 0) is 10.0 Å². The Kier molecular flexibility index (Phi) is 4.69. The number of methoxy groups -OCH3 is 1. The molecule has 0 saturated carbocycles. The summed E-state index contributed by atoms with van der Waals surface area (Å²) in [5, 5.41) is 0.878. The monoisotopic (exact) mass is 388 g/mol. The van der Waals surface area contributed by atoms with Gasteiger partial charge in [0.15, 0.2) is 0 Å². The van der Waals surface area contributed by atoms with Gasteiger partial charge in [0.1, 0.15) is 10.8 Å². The van der Waals surface area contributed by atoms with Crippen molar-refractivity contribution >= 4 is 31.6 Å². The molecule has 2 heterocycles. The molecule has 1 fully saturated rings. The fourth-order valence-corrected chi connectivity index (χ4v) is 6.20. The summed E-state index contributed by atoms with van der Waals surface area (Å²) in [5.41, 5.74) is 0.930. The maximum Gasteiger partial charge on any atom is 0.243 e. The van der Waals surface area contributed by atoms with Gasteiger partial charge in [-0.05, 0) is 49.2 Å². The fraction of sp³-hybridized carbons (Fsp3) is 0.316. The van der Waals surface area contributed by atoms with E-state index in [0.717, 1.165) is 34.5 Å². The van der Waals surface area contributed by atoms with Crippen molar-refractivity contribution in [1.29, 1.82) is 0 Å². The van der Waals surface area contributed by atoms with Crippen LogP contribution >= 0.6 is 11.3 Å². The predicted molar refractivity (Wildman–Crippen MR) is 103 cm³/mol. The van der Waals surface area contributed by atoms with E-state index in [2.05, 4.69) is 0 Å². The van der Waals surface area contributed by atoms with Crippen LogP contribution in [0.4, 0.5) is 0 Å². The lowest BCUT2D eigenvalue weighted by Crippen LogP contribution is -2.38. The molecule has 5 nitrogen and oxygen atoms in total. The normalized spacial score (nSPS) is 18.9. The summed E-state index contributed by atoms with van der Waals surface area (Å²) >= 11 is 1.59. The van der Waals surface area contributed by atoms with E-state index in [-0.39, 0.29) is 6.04 Å². The number of hydrogen-bond acceptors (Lipinski definition) is 5. The van der Waals surface area contributed by atoms with Gasteiger partial charge >= 0.3 is 0 Å². The molecule has 1 saturated heterocycles. The Hall–Kier alpha value is -1.96. The number of piperidine rings is 1. The highest BCUT2D eigenvalue weighted by Gasteiger charge is 2.36. The molecule has 7 heteroatoms. The highest BCUT2D eigenvalue weighted by atomic mass is 32.2. The van der Waals surface area contributed by atoms with Crippen molar-refractivity contribution in [2.45, 2.75) is 30.2 Å². The van der Waals surface area contributed by atoms with E-state index in [1.54, 1.807) is 47.0 Å². The van der Waals surface area contributed by atoms with Gasteiger partial charge in [-0.25, -0.2) is 13.4 Å². The zero-order chi connectivity index (χ0) is 18.1. The molecule has 1 aliphatic rings. The molecule has 3 aromatic rings. The molecule has 1 aromatic heterocycles. The van der Waals surface area contributed by atoms with Crippen LogP contribution in [0, 0.1) is 0 Å². The second-order valence-electron chi connectivity index (χ2n) is 6.32. The Balaban J connectivity index is 1.72. The molecule has 2 aromatic carbocycles. The van der Waals surface area contributed by atoms with Crippen LogP contribution in [0.3, 0.4) is 0 Å². The molecule has 1 aliphatic heterocycles. The van der Waals surface area contributed by atoms with Gasteiger partial charge in [-0.2, -0.15) is 4.31 Å². The van der Waals surface area contributed by atoms with Gasteiger partial charge in [0.05, 0.1) is 28.3 Å². The molecule has 0 bridgehead atoms. The molecule has 1 atom stereocenters. The molecule has 0 unspecified atom stereocenters. The molecule has 0 aliphatic carbocycles. The summed E-state index contributed by atoms with van der Waals surface area (Å²) in [7, 11) is -2.01. The van der Waals surface area contributed by atoms with E-state index in [1.165, 1.54) is 0 Å². The molecular weight excluding hydrogens is 368 g/mol. The van der Waals surface area contributed by atoms with E-state index < -0.39 is 10.0 Å². The molecule has 136 valence electrons. The van der Waals surface area contributed by atoms with Crippen molar-refractivity contribution in [3.05, 3.63) is 53.5 Å². The van der Waals surface area contributed by atoms with Gasteiger partial charge in [-0.3, -0.25) is 0 Å². The topological polar surface area (TPSA) is 59.5 Å². The van der Waals surface area contributed by atoms with Gasteiger partial charge in [-0.1, -0.05) is 18.6 Å². The van der Waals surface area contributed by atoms with Gasteiger partial charge in [0, 0.05) is 6.54 Å². The van der Waals surface area contributed by atoms with Crippen molar-refractivity contribution in [3.8, 4) is 5.75 Å². The average Bonchev–Trinajstić information content (AvgIpc) is 3.12. The summed E-state index contributed by atoms with van der Waals surface area (Å²) in [6, 6.07) is 14.3. The molecule has 0 radical (unpaired) electrons. The summed E-state index contributed by atoms with van der Waals surface area (Å²) in [5.74, 6) is 0.644. The third kappa shape index (κ3) is 3.11. The van der Waals surface area contributed by atoms with Crippen molar-refractivity contribution < 1.29 is 13.2 Å². The number of sulfonamides is 1. The van der Waals surface area contributed by atoms with Crippen molar-refractivity contribution in [2.24, 2.45) is 0 Å². The summed E-state index contributed by atoms with van der Waals surface area (Å²) in [4.78, 5) is 5.01. The summed E-state index contributed by atoms with van der Waals surface area (Å²) in [6.07, 6.45) is 2.68. The van der Waals surface area contributed by atoms with E-state index in [1.807, 2.05) is 24.3 Å². The highest BCUT2D eigenvalue weighted by Crippen LogP contribution is 2.38. The van der Waals surface area contributed by atoms with Crippen molar-refractivity contribution in [1.82, 2.24) is 9.29 Å². The van der Waals surface area contributed by atoms with E-state index >= 15 is 0 Å². The second-order valence-corrected chi connectivity index (χ2v) is 9.28. The number of benzene rings is 2. The molecule has 26 heavy (non-hydrogen) atoms. The molecule has 4 rings (SSSR count). The molecule has 0 spiro atoms. The number of hydrogen-bond donors (Lipinski definition) is 0. The smallest absolute Gasteiger partial charge is 0.243 e. The minimum Gasteiger partial charge on any atom is -0.497 e. The summed E-state index contributed by atoms with van der Waals surface area (Å²) in [6.45, 7) is 0.523. The van der Waals surface area contributed by atoms with Gasteiger partial charge in [0.2, 0.25) is 10.0 Å². The van der Waals surface area contributed by atoms with Crippen molar-refractivity contribution in [2.75, 3.05) is 13.7 Å². The number of rotatable bonds is 4. The lowest BCUT2D eigenvalue weighted by atomic mass is 10.1. The average molecular weight is 389 g/mol. The zero-order valence-corrected chi connectivity index (χ0v) is 16.1. The largest absolute Gasteiger partial charge is 0.497 e. The Morgan fingerprint density at radius 3 is 2.62 bits per heavy atom.